The quantitative estimate of drug-likeness (QED) is 0.881. The Labute approximate surface area is 120 Å². The lowest BCUT2D eigenvalue weighted by molar-refractivity contribution is 0.173. The monoisotopic (exact) mass is 288 g/mol. The van der Waals surface area contributed by atoms with Crippen molar-refractivity contribution >= 4 is 11.3 Å². The Balaban J connectivity index is 1.69. The minimum absolute atomic E-state index is 0.141. The van der Waals surface area contributed by atoms with Crippen molar-refractivity contribution in [2.45, 2.75) is 6.61 Å². The molecular formula is C15H12O4S. The second-order valence-corrected chi connectivity index (χ2v) is 5.02. The van der Waals surface area contributed by atoms with Crippen LogP contribution in [-0.2, 0) is 6.61 Å². The molecule has 3 rings (SSSR count). The van der Waals surface area contributed by atoms with Crippen LogP contribution in [0.5, 0.6) is 17.2 Å². The Morgan fingerprint density at radius 3 is 3.05 bits per heavy atom. The highest BCUT2D eigenvalue weighted by Crippen LogP contribution is 2.35. The molecule has 5 heteroatoms. The highest BCUT2D eigenvalue weighted by atomic mass is 32.1. The molecule has 0 atom stereocenters. The average Bonchev–Trinajstić information content (AvgIpc) is 3.11. The molecule has 0 unspecified atom stereocenters. The van der Waals surface area contributed by atoms with Gasteiger partial charge in [0.1, 0.15) is 19.0 Å². The molecule has 2 heterocycles. The van der Waals surface area contributed by atoms with Crippen LogP contribution in [0.4, 0.5) is 0 Å². The van der Waals surface area contributed by atoms with E-state index < -0.39 is 0 Å². The van der Waals surface area contributed by atoms with E-state index in [4.69, 9.17) is 19.3 Å². The first kappa shape index (κ1) is 12.9. The van der Waals surface area contributed by atoms with E-state index in [0.717, 1.165) is 21.9 Å². The van der Waals surface area contributed by atoms with Crippen molar-refractivity contribution in [3.05, 3.63) is 40.1 Å². The lowest BCUT2D eigenvalue weighted by atomic mass is 10.2. The zero-order chi connectivity index (χ0) is 13.8. The zero-order valence-corrected chi connectivity index (χ0v) is 11.4. The van der Waals surface area contributed by atoms with Crippen molar-refractivity contribution in [2.75, 3.05) is 13.4 Å². The summed E-state index contributed by atoms with van der Waals surface area (Å²) in [5, 5.41) is 10.7. The van der Waals surface area contributed by atoms with Crippen LogP contribution in [0.3, 0.4) is 0 Å². The summed E-state index contributed by atoms with van der Waals surface area (Å²) in [6, 6.07) is 7.42. The number of rotatable bonds is 3. The van der Waals surface area contributed by atoms with E-state index in [1.54, 1.807) is 11.3 Å². The number of aliphatic hydroxyl groups excluding tert-OH is 1. The summed E-state index contributed by atoms with van der Waals surface area (Å²) in [6.45, 7) is 0.551. The van der Waals surface area contributed by atoms with Gasteiger partial charge in [-0.3, -0.25) is 0 Å². The summed E-state index contributed by atoms with van der Waals surface area (Å²) >= 11 is 1.58. The van der Waals surface area contributed by atoms with E-state index >= 15 is 0 Å². The second-order valence-electron chi connectivity index (χ2n) is 4.02. The third kappa shape index (κ3) is 2.72. The maximum absolute atomic E-state index is 8.73. The van der Waals surface area contributed by atoms with Crippen LogP contribution in [-0.4, -0.2) is 18.5 Å². The maximum Gasteiger partial charge on any atom is 0.231 e. The van der Waals surface area contributed by atoms with Gasteiger partial charge in [0, 0.05) is 11.6 Å². The van der Waals surface area contributed by atoms with Crippen LogP contribution in [0, 0.1) is 11.8 Å². The molecule has 0 aliphatic carbocycles. The number of thiophene rings is 1. The van der Waals surface area contributed by atoms with Gasteiger partial charge in [-0.15, -0.1) is 11.3 Å². The topological polar surface area (TPSA) is 47.9 Å². The Kier molecular flexibility index (Phi) is 3.77. The maximum atomic E-state index is 8.73. The van der Waals surface area contributed by atoms with E-state index in [0.29, 0.717) is 12.4 Å². The van der Waals surface area contributed by atoms with Gasteiger partial charge in [0.2, 0.25) is 6.79 Å². The molecule has 1 aliphatic heterocycles. The van der Waals surface area contributed by atoms with Crippen molar-refractivity contribution in [1.82, 2.24) is 0 Å². The first-order chi connectivity index (χ1) is 9.86. The van der Waals surface area contributed by atoms with Crippen LogP contribution in [0.25, 0.3) is 0 Å². The standard InChI is InChI=1S/C15H12O4S/c16-6-1-2-11-5-7-20-15(11)9-17-12-3-4-13-14(8-12)19-10-18-13/h3-5,7-8,16H,6,9-10H2. The summed E-state index contributed by atoms with van der Waals surface area (Å²) in [4.78, 5) is 1.03. The van der Waals surface area contributed by atoms with Gasteiger partial charge in [0.05, 0.1) is 4.88 Å². The molecular weight excluding hydrogens is 276 g/mol. The van der Waals surface area contributed by atoms with E-state index in [1.807, 2.05) is 29.6 Å². The number of hydrogen-bond acceptors (Lipinski definition) is 5. The van der Waals surface area contributed by atoms with Crippen molar-refractivity contribution in [1.29, 1.82) is 0 Å². The molecule has 0 saturated heterocycles. The summed E-state index contributed by atoms with van der Waals surface area (Å²) in [6.07, 6.45) is 0. The minimum Gasteiger partial charge on any atom is -0.488 e. The number of hydrogen-bond donors (Lipinski definition) is 1. The number of benzene rings is 1. The summed E-state index contributed by atoms with van der Waals surface area (Å²) in [5.41, 5.74) is 0.893. The van der Waals surface area contributed by atoms with Gasteiger partial charge in [-0.25, -0.2) is 0 Å². The van der Waals surface area contributed by atoms with Crippen molar-refractivity contribution in [2.24, 2.45) is 0 Å². The van der Waals surface area contributed by atoms with Gasteiger partial charge >= 0.3 is 0 Å². The van der Waals surface area contributed by atoms with Gasteiger partial charge in [-0.1, -0.05) is 11.8 Å². The molecule has 2 aromatic rings. The fraction of sp³-hybridized carbons (Fsp3) is 0.200. The molecule has 1 aromatic carbocycles. The summed E-state index contributed by atoms with van der Waals surface area (Å²) in [7, 11) is 0. The molecule has 0 fully saturated rings. The van der Waals surface area contributed by atoms with Crippen LogP contribution < -0.4 is 14.2 Å². The van der Waals surface area contributed by atoms with Crippen LogP contribution in [0.1, 0.15) is 10.4 Å². The molecule has 0 bridgehead atoms. The number of ether oxygens (including phenoxy) is 3. The predicted octanol–water partition coefficient (Wildman–Crippen LogP) is 2.40. The predicted molar refractivity (Wildman–Crippen MR) is 75.2 cm³/mol. The van der Waals surface area contributed by atoms with Crippen LogP contribution >= 0.6 is 11.3 Å². The Morgan fingerprint density at radius 2 is 2.15 bits per heavy atom. The van der Waals surface area contributed by atoms with Crippen molar-refractivity contribution in [3.63, 3.8) is 0 Å². The number of aliphatic hydroxyl groups is 1. The normalized spacial score (nSPS) is 11.8. The summed E-state index contributed by atoms with van der Waals surface area (Å²) in [5.74, 6) is 7.72. The van der Waals surface area contributed by atoms with Crippen molar-refractivity contribution < 1.29 is 19.3 Å². The third-order valence-corrected chi connectivity index (χ3v) is 3.66. The van der Waals surface area contributed by atoms with E-state index in [1.165, 1.54) is 0 Å². The molecule has 0 amide bonds. The fourth-order valence-electron chi connectivity index (χ4n) is 1.81. The second kappa shape index (κ2) is 5.87. The Hall–Kier alpha value is -2.16. The lowest BCUT2D eigenvalue weighted by Crippen LogP contribution is -1.95. The van der Waals surface area contributed by atoms with E-state index in [-0.39, 0.29) is 13.4 Å². The lowest BCUT2D eigenvalue weighted by Gasteiger charge is -2.06. The van der Waals surface area contributed by atoms with E-state index in [9.17, 15) is 0 Å². The zero-order valence-electron chi connectivity index (χ0n) is 10.6. The van der Waals surface area contributed by atoms with Gasteiger partial charge in [0.25, 0.3) is 0 Å². The molecule has 102 valence electrons. The molecule has 1 aliphatic rings. The first-order valence-electron chi connectivity index (χ1n) is 6.05. The molecule has 0 spiro atoms. The van der Waals surface area contributed by atoms with Gasteiger partial charge in [0.15, 0.2) is 11.5 Å². The molecule has 1 aromatic heterocycles. The minimum atomic E-state index is -0.141. The number of fused-ring (bicyclic) bond motifs is 1. The average molecular weight is 288 g/mol. The summed E-state index contributed by atoms with van der Waals surface area (Å²) < 4.78 is 16.3. The van der Waals surface area contributed by atoms with Gasteiger partial charge < -0.3 is 19.3 Å². The highest BCUT2D eigenvalue weighted by Gasteiger charge is 2.14. The highest BCUT2D eigenvalue weighted by molar-refractivity contribution is 7.10. The fourth-order valence-corrected chi connectivity index (χ4v) is 2.56. The first-order valence-corrected chi connectivity index (χ1v) is 6.93. The smallest absolute Gasteiger partial charge is 0.231 e. The van der Waals surface area contributed by atoms with Crippen LogP contribution in [0.15, 0.2) is 29.6 Å². The third-order valence-electron chi connectivity index (χ3n) is 2.76. The molecule has 20 heavy (non-hydrogen) atoms. The van der Waals surface area contributed by atoms with Crippen molar-refractivity contribution in [3.8, 4) is 29.1 Å². The largest absolute Gasteiger partial charge is 0.488 e. The molecule has 4 nitrogen and oxygen atoms in total. The SMILES string of the molecule is OCC#Cc1ccsc1COc1ccc2c(c1)OCO2. The van der Waals surface area contributed by atoms with Crippen LogP contribution in [0.2, 0.25) is 0 Å². The Bertz CT molecular complexity index is 666. The van der Waals surface area contributed by atoms with E-state index in [2.05, 4.69) is 11.8 Å². The molecule has 0 saturated carbocycles. The van der Waals surface area contributed by atoms with Gasteiger partial charge in [-0.05, 0) is 23.6 Å². The van der Waals surface area contributed by atoms with Gasteiger partial charge in [-0.2, -0.15) is 0 Å². The molecule has 0 radical (unpaired) electrons. The Morgan fingerprint density at radius 1 is 1.25 bits per heavy atom. The molecule has 1 N–H and O–H groups in total.